The summed E-state index contributed by atoms with van der Waals surface area (Å²) in [6, 6.07) is 76.7. The van der Waals surface area contributed by atoms with Crippen molar-refractivity contribution in [1.82, 2.24) is 4.57 Å². The summed E-state index contributed by atoms with van der Waals surface area (Å²) >= 11 is 0. The fourth-order valence-electron chi connectivity index (χ4n) is 10.5. The average Bonchev–Trinajstić information content (AvgIpc) is 3.89. The maximum atomic E-state index is 2.48. The third-order valence-corrected chi connectivity index (χ3v) is 13.3. The molecule has 0 amide bonds. The van der Waals surface area contributed by atoms with Crippen LogP contribution in [0.2, 0.25) is 0 Å². The molecule has 0 fully saturated rings. The minimum atomic E-state index is -0.0893. The maximum Gasteiger partial charge on any atom is 0.0547 e. The number of hydrogen-bond acceptors (Lipinski definition) is 0. The lowest BCUT2D eigenvalue weighted by molar-refractivity contribution is 0.661. The number of hydrogen-bond donors (Lipinski definition) is 0. The van der Waals surface area contributed by atoms with E-state index in [-0.39, 0.29) is 11.3 Å². The van der Waals surface area contributed by atoms with Gasteiger partial charge >= 0.3 is 0 Å². The molecule has 0 aliphatic heterocycles. The summed E-state index contributed by atoms with van der Waals surface area (Å²) in [5.74, 6) is 0.179. The van der Waals surface area contributed by atoms with Crippen molar-refractivity contribution in [2.24, 2.45) is 0 Å². The normalized spacial score (nSPS) is 14.6. The zero-order chi connectivity index (χ0) is 39.2. The van der Waals surface area contributed by atoms with Gasteiger partial charge in [-0.15, -0.1) is 0 Å². The van der Waals surface area contributed by atoms with E-state index in [0.717, 1.165) is 0 Å². The lowest BCUT2D eigenvalue weighted by atomic mass is 9.82. The molecule has 1 aromatic heterocycles. The van der Waals surface area contributed by atoms with Crippen molar-refractivity contribution in [2.75, 3.05) is 0 Å². The van der Waals surface area contributed by atoms with Crippen LogP contribution < -0.4 is 0 Å². The second-order valence-electron chi connectivity index (χ2n) is 16.8. The van der Waals surface area contributed by atoms with Crippen molar-refractivity contribution in [3.63, 3.8) is 0 Å². The number of nitrogens with zero attached hydrogens (tertiary/aromatic N) is 1. The van der Waals surface area contributed by atoms with Crippen molar-refractivity contribution in [3.05, 3.63) is 234 Å². The summed E-state index contributed by atoms with van der Waals surface area (Å²) in [5.41, 5.74) is 23.2. The van der Waals surface area contributed by atoms with Gasteiger partial charge in [-0.25, -0.2) is 0 Å². The molecule has 2 aliphatic carbocycles. The molecule has 0 saturated heterocycles. The third-order valence-electron chi connectivity index (χ3n) is 13.3. The Bertz CT molecular complexity index is 3270. The molecular formula is C58H41N. The van der Waals surface area contributed by atoms with Crippen molar-refractivity contribution in [1.29, 1.82) is 0 Å². The van der Waals surface area contributed by atoms with Crippen LogP contribution in [0.3, 0.4) is 0 Å². The Labute approximate surface area is 345 Å². The van der Waals surface area contributed by atoms with Crippen molar-refractivity contribution in [3.8, 4) is 61.3 Å². The van der Waals surface area contributed by atoms with Gasteiger partial charge < -0.3 is 4.57 Å². The Hall–Kier alpha value is -7.22. The zero-order valence-electron chi connectivity index (χ0n) is 33.2. The molecule has 0 bridgehead atoms. The highest BCUT2D eigenvalue weighted by atomic mass is 15.0. The van der Waals surface area contributed by atoms with Gasteiger partial charge in [0.1, 0.15) is 0 Å². The van der Waals surface area contributed by atoms with Gasteiger partial charge in [0.05, 0.1) is 11.0 Å². The Balaban J connectivity index is 1.04. The molecule has 1 heterocycles. The van der Waals surface area contributed by atoms with E-state index < -0.39 is 0 Å². The van der Waals surface area contributed by atoms with Gasteiger partial charge in [-0.2, -0.15) is 0 Å². The van der Waals surface area contributed by atoms with Crippen molar-refractivity contribution >= 4 is 21.8 Å². The second kappa shape index (κ2) is 12.9. The molecule has 0 N–H and O–H groups in total. The molecule has 2 aliphatic rings. The molecule has 1 atom stereocenters. The maximum absolute atomic E-state index is 2.48. The summed E-state index contributed by atoms with van der Waals surface area (Å²) in [5, 5.41) is 2.61. The molecule has 10 aromatic rings. The average molecular weight is 752 g/mol. The standard InChI is InChI=1S/C58H41N/c1-58(2)51-23-12-11-22-48(51)56-52(58)31-33-54-57(56)50-36-42(27-32-53(50)59(54)44-28-24-39(25-29-44)37-14-5-3-6-15-37)41-26-30-47-49(35-41)45-20-9-10-21-46(45)55(47)43-19-13-18-40(34-43)38-16-7-4-8-17-38/h3-36,55H,1-2H3. The molecule has 12 rings (SSSR count). The van der Waals surface area contributed by atoms with Gasteiger partial charge in [0.2, 0.25) is 0 Å². The van der Waals surface area contributed by atoms with E-state index in [0.29, 0.717) is 0 Å². The summed E-state index contributed by atoms with van der Waals surface area (Å²) < 4.78 is 2.48. The first-order valence-electron chi connectivity index (χ1n) is 20.8. The van der Waals surface area contributed by atoms with Crippen molar-refractivity contribution in [2.45, 2.75) is 25.2 Å². The van der Waals surface area contributed by atoms with Crippen LogP contribution in [0.4, 0.5) is 0 Å². The van der Waals surface area contributed by atoms with Crippen LogP contribution in [-0.4, -0.2) is 4.57 Å². The molecule has 1 unspecified atom stereocenters. The SMILES string of the molecule is CC1(C)c2ccccc2-c2c1ccc1c2c2cc(-c3ccc4c(c3)-c3ccccc3C4c3cccc(-c4ccccc4)c3)ccc2n1-c1ccc(-c2ccccc2)cc1. The third kappa shape index (κ3) is 5.11. The number of rotatable bonds is 5. The topological polar surface area (TPSA) is 4.93 Å². The highest BCUT2D eigenvalue weighted by Crippen LogP contribution is 2.54. The molecule has 0 saturated carbocycles. The summed E-state index contributed by atoms with van der Waals surface area (Å²) in [4.78, 5) is 0. The number of fused-ring (bicyclic) bond motifs is 10. The lowest BCUT2D eigenvalue weighted by Gasteiger charge is -2.21. The minimum Gasteiger partial charge on any atom is -0.309 e. The van der Waals surface area contributed by atoms with E-state index in [4.69, 9.17) is 0 Å². The molecule has 1 heteroatoms. The lowest BCUT2D eigenvalue weighted by Crippen LogP contribution is -2.14. The van der Waals surface area contributed by atoms with Crippen LogP contribution in [-0.2, 0) is 5.41 Å². The fraction of sp³-hybridized carbons (Fsp3) is 0.0690. The van der Waals surface area contributed by atoms with Crippen LogP contribution >= 0.6 is 0 Å². The van der Waals surface area contributed by atoms with E-state index in [9.17, 15) is 0 Å². The smallest absolute Gasteiger partial charge is 0.0547 e. The molecule has 9 aromatic carbocycles. The van der Waals surface area contributed by atoms with E-state index in [1.165, 1.54) is 111 Å². The van der Waals surface area contributed by atoms with E-state index >= 15 is 0 Å². The Morgan fingerprint density at radius 2 is 0.966 bits per heavy atom. The summed E-state index contributed by atoms with van der Waals surface area (Å²) in [7, 11) is 0. The summed E-state index contributed by atoms with van der Waals surface area (Å²) in [6.07, 6.45) is 0. The monoisotopic (exact) mass is 751 g/mol. The Morgan fingerprint density at radius 3 is 1.76 bits per heavy atom. The molecule has 0 spiro atoms. The molecular weight excluding hydrogens is 711 g/mol. The van der Waals surface area contributed by atoms with E-state index in [1.807, 2.05) is 0 Å². The van der Waals surface area contributed by atoms with Gasteiger partial charge in [0, 0.05) is 27.8 Å². The van der Waals surface area contributed by atoms with Crippen LogP contribution in [0, 0.1) is 0 Å². The first-order chi connectivity index (χ1) is 29.0. The predicted octanol–water partition coefficient (Wildman–Crippen LogP) is 15.3. The second-order valence-corrected chi connectivity index (χ2v) is 16.8. The summed E-state index contributed by atoms with van der Waals surface area (Å²) in [6.45, 7) is 4.76. The largest absolute Gasteiger partial charge is 0.309 e. The molecule has 278 valence electrons. The molecule has 59 heavy (non-hydrogen) atoms. The van der Waals surface area contributed by atoms with Gasteiger partial charge in [-0.3, -0.25) is 0 Å². The highest BCUT2D eigenvalue weighted by molar-refractivity contribution is 6.18. The zero-order valence-corrected chi connectivity index (χ0v) is 33.2. The quantitative estimate of drug-likeness (QED) is 0.165. The first kappa shape index (κ1) is 33.9. The fourth-order valence-corrected chi connectivity index (χ4v) is 10.5. The molecule has 0 radical (unpaired) electrons. The van der Waals surface area contributed by atoms with Crippen LogP contribution in [0.1, 0.15) is 47.6 Å². The van der Waals surface area contributed by atoms with Crippen LogP contribution in [0.5, 0.6) is 0 Å². The first-order valence-corrected chi connectivity index (χ1v) is 20.8. The highest BCUT2D eigenvalue weighted by Gasteiger charge is 2.37. The molecule has 1 nitrogen and oxygen atoms in total. The number of aromatic nitrogens is 1. The predicted molar refractivity (Wildman–Crippen MR) is 247 cm³/mol. The van der Waals surface area contributed by atoms with E-state index in [2.05, 4.69) is 225 Å². The van der Waals surface area contributed by atoms with Crippen molar-refractivity contribution < 1.29 is 0 Å². The number of benzene rings is 9. The van der Waals surface area contributed by atoms with Crippen LogP contribution in [0.15, 0.2) is 206 Å². The van der Waals surface area contributed by atoms with E-state index in [1.54, 1.807) is 0 Å². The Morgan fingerprint density at radius 1 is 0.390 bits per heavy atom. The Kier molecular flexibility index (Phi) is 7.40. The van der Waals surface area contributed by atoms with Gasteiger partial charge in [0.15, 0.2) is 0 Å². The van der Waals surface area contributed by atoms with Crippen LogP contribution in [0.25, 0.3) is 83.1 Å². The van der Waals surface area contributed by atoms with Gasteiger partial charge in [-0.05, 0) is 120 Å². The van der Waals surface area contributed by atoms with Gasteiger partial charge in [-0.1, -0.05) is 184 Å². The van der Waals surface area contributed by atoms with Gasteiger partial charge in [0.25, 0.3) is 0 Å². The minimum absolute atomic E-state index is 0.0893.